The summed E-state index contributed by atoms with van der Waals surface area (Å²) in [7, 11) is -3.87. The second-order valence-corrected chi connectivity index (χ2v) is 9.00. The predicted octanol–water partition coefficient (Wildman–Crippen LogP) is 4.33. The third-order valence-electron chi connectivity index (χ3n) is 4.44. The lowest BCUT2D eigenvalue weighted by atomic mass is 10.2. The van der Waals surface area contributed by atoms with Crippen molar-refractivity contribution in [1.29, 1.82) is 0 Å². The Morgan fingerprint density at radius 2 is 1.70 bits per heavy atom. The topological polar surface area (TPSA) is 110 Å². The van der Waals surface area contributed by atoms with Crippen molar-refractivity contribution >= 4 is 33.6 Å². The molecule has 8 nitrogen and oxygen atoms in total. The van der Waals surface area contributed by atoms with Gasteiger partial charge in [-0.3, -0.25) is 4.79 Å². The number of ether oxygens (including phenoxy) is 1. The second-order valence-electron chi connectivity index (χ2n) is 7.31. The first-order valence-electron chi connectivity index (χ1n) is 10.4. The highest BCUT2D eigenvalue weighted by Crippen LogP contribution is 2.20. The number of carbonyl (C=O) groups is 1. The molecule has 9 heteroatoms. The summed E-state index contributed by atoms with van der Waals surface area (Å²) in [5.41, 5.74) is 2.57. The standard InChI is InChI=1S/C24H26N4O4S/c1-4-15-32-22-8-6-5-7-19(22)9-14-23(29)27-20-10-12-21(13-11-20)33(30,31)28-24-25-17(2)16-18(3)26-24/h5-14,16H,4,15H2,1-3H3,(H,27,29)(H,25,26,28)/b14-9+. The van der Waals surface area contributed by atoms with Gasteiger partial charge in [-0.25, -0.2) is 23.1 Å². The minimum atomic E-state index is -3.87. The van der Waals surface area contributed by atoms with Crippen LogP contribution in [-0.2, 0) is 14.8 Å². The highest BCUT2D eigenvalue weighted by atomic mass is 32.2. The SMILES string of the molecule is CCCOc1ccccc1/C=C/C(=O)Nc1ccc(S(=O)(=O)Nc2nc(C)cc(C)n2)cc1. The van der Waals surface area contributed by atoms with Crippen LogP contribution in [0, 0.1) is 13.8 Å². The van der Waals surface area contributed by atoms with E-state index >= 15 is 0 Å². The van der Waals surface area contributed by atoms with E-state index in [0.29, 0.717) is 29.4 Å². The summed E-state index contributed by atoms with van der Waals surface area (Å²) in [4.78, 5) is 20.5. The third-order valence-corrected chi connectivity index (χ3v) is 5.78. The van der Waals surface area contributed by atoms with Crippen LogP contribution >= 0.6 is 0 Å². The van der Waals surface area contributed by atoms with Gasteiger partial charge in [0.2, 0.25) is 11.9 Å². The average molecular weight is 467 g/mol. The lowest BCUT2D eigenvalue weighted by Crippen LogP contribution is -2.16. The number of aryl methyl sites for hydroxylation is 2. The number of sulfonamides is 1. The molecule has 0 unspecified atom stereocenters. The number of carbonyl (C=O) groups excluding carboxylic acids is 1. The van der Waals surface area contributed by atoms with Crippen LogP contribution in [0.4, 0.5) is 11.6 Å². The van der Waals surface area contributed by atoms with Crippen LogP contribution < -0.4 is 14.8 Å². The van der Waals surface area contributed by atoms with E-state index in [1.54, 1.807) is 26.0 Å². The number of anilines is 2. The Balaban J connectivity index is 1.65. The Morgan fingerprint density at radius 1 is 1.03 bits per heavy atom. The van der Waals surface area contributed by atoms with E-state index in [9.17, 15) is 13.2 Å². The van der Waals surface area contributed by atoms with Gasteiger partial charge < -0.3 is 10.1 Å². The Bertz CT molecular complexity index is 1240. The number of para-hydroxylation sites is 1. The molecular weight excluding hydrogens is 440 g/mol. The first-order chi connectivity index (χ1) is 15.8. The van der Waals surface area contributed by atoms with Gasteiger partial charge in [0.1, 0.15) is 5.75 Å². The zero-order chi connectivity index (χ0) is 23.8. The van der Waals surface area contributed by atoms with Crippen LogP contribution in [0.1, 0.15) is 30.3 Å². The van der Waals surface area contributed by atoms with Crippen molar-refractivity contribution in [3.05, 3.63) is 77.6 Å². The molecule has 0 aliphatic rings. The van der Waals surface area contributed by atoms with Crippen molar-refractivity contribution in [3.8, 4) is 5.75 Å². The van der Waals surface area contributed by atoms with E-state index in [1.807, 2.05) is 31.2 Å². The van der Waals surface area contributed by atoms with Crippen molar-refractivity contribution in [2.24, 2.45) is 0 Å². The van der Waals surface area contributed by atoms with Gasteiger partial charge in [0.25, 0.3) is 10.0 Å². The quantitative estimate of drug-likeness (QED) is 0.454. The van der Waals surface area contributed by atoms with Gasteiger partial charge in [-0.15, -0.1) is 0 Å². The molecule has 0 fully saturated rings. The normalized spacial score (nSPS) is 11.4. The van der Waals surface area contributed by atoms with Gasteiger partial charge >= 0.3 is 0 Å². The third kappa shape index (κ3) is 6.88. The monoisotopic (exact) mass is 466 g/mol. The van der Waals surface area contributed by atoms with Crippen molar-refractivity contribution < 1.29 is 17.9 Å². The molecule has 0 aliphatic heterocycles. The predicted molar refractivity (Wildman–Crippen MR) is 129 cm³/mol. The molecule has 0 saturated heterocycles. The Kier molecular flexibility index (Phi) is 7.78. The maximum atomic E-state index is 12.6. The van der Waals surface area contributed by atoms with Gasteiger partial charge in [-0.1, -0.05) is 25.1 Å². The van der Waals surface area contributed by atoms with E-state index in [1.165, 1.54) is 30.3 Å². The van der Waals surface area contributed by atoms with Gasteiger partial charge in [0.15, 0.2) is 0 Å². The molecule has 1 amide bonds. The molecule has 1 aromatic heterocycles. The molecule has 1 heterocycles. The van der Waals surface area contributed by atoms with E-state index in [4.69, 9.17) is 4.74 Å². The number of aromatic nitrogens is 2. The fourth-order valence-corrected chi connectivity index (χ4v) is 3.92. The van der Waals surface area contributed by atoms with Crippen molar-refractivity contribution in [1.82, 2.24) is 9.97 Å². The van der Waals surface area contributed by atoms with Crippen LogP contribution in [0.5, 0.6) is 5.75 Å². The van der Waals surface area contributed by atoms with Gasteiger partial charge in [0, 0.05) is 28.7 Å². The summed E-state index contributed by atoms with van der Waals surface area (Å²) >= 11 is 0. The molecule has 2 N–H and O–H groups in total. The summed E-state index contributed by atoms with van der Waals surface area (Å²) in [6.07, 6.45) is 3.96. The molecule has 172 valence electrons. The van der Waals surface area contributed by atoms with Crippen LogP contribution in [0.15, 0.2) is 65.6 Å². The van der Waals surface area contributed by atoms with Crippen molar-refractivity contribution in [3.63, 3.8) is 0 Å². The van der Waals surface area contributed by atoms with E-state index < -0.39 is 10.0 Å². The number of nitrogens with one attached hydrogen (secondary N) is 2. The molecule has 3 rings (SSSR count). The lowest BCUT2D eigenvalue weighted by molar-refractivity contribution is -0.111. The minimum absolute atomic E-state index is 0.0122. The smallest absolute Gasteiger partial charge is 0.264 e. The Morgan fingerprint density at radius 3 is 2.36 bits per heavy atom. The summed E-state index contributed by atoms with van der Waals surface area (Å²) in [6.45, 7) is 6.14. The maximum Gasteiger partial charge on any atom is 0.264 e. The molecule has 0 spiro atoms. The van der Waals surface area contributed by atoms with Crippen LogP contribution in [0.25, 0.3) is 6.08 Å². The maximum absolute atomic E-state index is 12.6. The molecule has 0 atom stereocenters. The fourth-order valence-electron chi connectivity index (χ4n) is 2.98. The summed E-state index contributed by atoms with van der Waals surface area (Å²) in [5, 5.41) is 2.71. The van der Waals surface area contributed by atoms with Gasteiger partial charge in [0.05, 0.1) is 11.5 Å². The van der Waals surface area contributed by atoms with E-state index in [0.717, 1.165) is 12.0 Å². The van der Waals surface area contributed by atoms with Crippen molar-refractivity contribution in [2.75, 3.05) is 16.6 Å². The molecular formula is C24H26N4O4S. The first kappa shape index (κ1) is 23.9. The summed E-state index contributed by atoms with van der Waals surface area (Å²) in [5.74, 6) is 0.370. The van der Waals surface area contributed by atoms with Crippen LogP contribution in [0.2, 0.25) is 0 Å². The number of amides is 1. The summed E-state index contributed by atoms with van der Waals surface area (Å²) in [6, 6.07) is 15.0. The lowest BCUT2D eigenvalue weighted by Gasteiger charge is -2.09. The van der Waals surface area contributed by atoms with Gasteiger partial charge in [-0.05, 0) is 62.7 Å². The average Bonchev–Trinajstić information content (AvgIpc) is 2.76. The molecule has 0 aliphatic carbocycles. The molecule has 0 saturated carbocycles. The number of hydrogen-bond acceptors (Lipinski definition) is 6. The Labute approximate surface area is 193 Å². The zero-order valence-corrected chi connectivity index (χ0v) is 19.5. The largest absolute Gasteiger partial charge is 0.493 e. The number of nitrogens with zero attached hydrogens (tertiary/aromatic N) is 2. The second kappa shape index (κ2) is 10.7. The molecule has 0 radical (unpaired) electrons. The summed E-state index contributed by atoms with van der Waals surface area (Å²) < 4.78 is 33.3. The van der Waals surface area contributed by atoms with Crippen molar-refractivity contribution in [2.45, 2.75) is 32.1 Å². The molecule has 0 bridgehead atoms. The highest BCUT2D eigenvalue weighted by Gasteiger charge is 2.16. The first-order valence-corrected chi connectivity index (χ1v) is 11.9. The fraction of sp³-hybridized carbons (Fsp3) is 0.208. The number of hydrogen-bond donors (Lipinski definition) is 2. The highest BCUT2D eigenvalue weighted by molar-refractivity contribution is 7.92. The van der Waals surface area contributed by atoms with E-state index in [-0.39, 0.29) is 16.8 Å². The van der Waals surface area contributed by atoms with Crippen LogP contribution in [0.3, 0.4) is 0 Å². The van der Waals surface area contributed by atoms with Gasteiger partial charge in [-0.2, -0.15) is 0 Å². The molecule has 2 aromatic carbocycles. The number of benzene rings is 2. The Hall–Kier alpha value is -3.72. The minimum Gasteiger partial charge on any atom is -0.493 e. The molecule has 3 aromatic rings. The van der Waals surface area contributed by atoms with E-state index in [2.05, 4.69) is 20.0 Å². The number of rotatable bonds is 9. The van der Waals surface area contributed by atoms with Crippen LogP contribution in [-0.4, -0.2) is 30.9 Å². The molecule has 33 heavy (non-hydrogen) atoms. The zero-order valence-electron chi connectivity index (χ0n) is 18.7.